The molecule has 50 heavy (non-hydrogen) atoms. The molecule has 0 saturated carbocycles. The van der Waals surface area contributed by atoms with Gasteiger partial charge in [0.15, 0.2) is 0 Å². The Hall–Kier alpha value is 1.48. The highest BCUT2D eigenvalue weighted by molar-refractivity contribution is 8.77. The molecule has 2 unspecified atom stereocenters. The summed E-state index contributed by atoms with van der Waals surface area (Å²) in [6, 6.07) is 0. The van der Waals surface area contributed by atoms with Crippen molar-refractivity contribution < 1.29 is 0 Å². The van der Waals surface area contributed by atoms with Crippen LogP contribution in [0.3, 0.4) is 0 Å². The zero-order valence-corrected chi connectivity index (χ0v) is 48.3. The SMILES string of the molecule is CCCCC=C[Si]1[Si]2([Si](C)(C(C)(C)C)C(C)(C)C)[Si]1([Si](C)(C(C)(C)C)C(C)(C)C)[Si]2([Si](C)(C(C)(C)C)C(C)(C)C)[Si](C)(C(C)(C)C)C(C)(C)C. The first-order valence-corrected chi connectivity index (χ1v) is 47.6. The second-order valence-corrected chi connectivity index (χ2v) is 124. The van der Waals surface area contributed by atoms with Gasteiger partial charge in [-0.25, -0.2) is 0 Å². The first-order chi connectivity index (χ1) is 21.4. The molecule has 2 aliphatic rings. The van der Waals surface area contributed by atoms with Gasteiger partial charge in [0.25, 0.3) is 0 Å². The molecule has 0 aromatic carbocycles. The molecule has 0 aromatic rings. The summed E-state index contributed by atoms with van der Waals surface area (Å²) in [5, 5.41) is 3.22. The predicted octanol–water partition coefficient (Wildman–Crippen LogP) is 15.6. The molecule has 295 valence electrons. The van der Waals surface area contributed by atoms with Gasteiger partial charge in [0, 0.05) is 56.6 Å². The minimum Gasteiger partial charge on any atom is -0.107 e. The molecule has 2 aliphatic heterocycles. The van der Waals surface area contributed by atoms with E-state index in [9.17, 15) is 0 Å². The third kappa shape index (κ3) is 5.13. The highest BCUT2D eigenvalue weighted by Crippen LogP contribution is 2.92. The molecule has 2 saturated heterocycles. The normalized spacial score (nSPS) is 25.3. The van der Waals surface area contributed by atoms with Crippen molar-refractivity contribution in [2.24, 2.45) is 0 Å². The van der Waals surface area contributed by atoms with Gasteiger partial charge in [-0.3, -0.25) is 0 Å². The van der Waals surface area contributed by atoms with Gasteiger partial charge in [-0.1, -0.05) is 218 Å². The van der Waals surface area contributed by atoms with Gasteiger partial charge in [0.05, 0.1) is 0 Å². The van der Waals surface area contributed by atoms with Gasteiger partial charge < -0.3 is 0 Å². The lowest BCUT2D eigenvalue weighted by atomic mass is 10.2. The summed E-state index contributed by atoms with van der Waals surface area (Å²) in [5.74, 6) is 0. The molecule has 0 nitrogen and oxygen atoms in total. The molecule has 0 amide bonds. The topological polar surface area (TPSA) is 0 Å². The molecule has 2 heterocycles. The monoisotopic (exact) mass is 824 g/mol. The largest absolute Gasteiger partial charge is 0.107 e. The predicted molar refractivity (Wildman–Crippen MR) is 256 cm³/mol. The van der Waals surface area contributed by atoms with Crippen LogP contribution in [0.4, 0.5) is 0 Å². The van der Waals surface area contributed by atoms with Crippen molar-refractivity contribution in [3.05, 3.63) is 11.8 Å². The molecule has 2 atom stereocenters. The third-order valence-electron chi connectivity index (χ3n) is 18.4. The quantitative estimate of drug-likeness (QED) is 0.169. The van der Waals surface area contributed by atoms with Crippen molar-refractivity contribution in [1.29, 1.82) is 0 Å². The molecular weight excluding hydrogens is 729 g/mol. The summed E-state index contributed by atoms with van der Waals surface area (Å²) in [4.78, 5) is 0. The molecule has 8 heteroatoms. The minimum atomic E-state index is -2.03. The maximum absolute atomic E-state index is 3.22. The van der Waals surface area contributed by atoms with Crippen LogP contribution < -0.4 is 0 Å². The Morgan fingerprint density at radius 1 is 0.400 bits per heavy atom. The van der Waals surface area contributed by atoms with Crippen LogP contribution in [-0.2, 0) is 0 Å². The van der Waals surface area contributed by atoms with E-state index in [1.54, 1.807) is 0 Å². The number of hydrogen-bond acceptors (Lipinski definition) is 0. The number of hydrogen-bond donors (Lipinski definition) is 0. The third-order valence-corrected chi connectivity index (χ3v) is 293. The van der Waals surface area contributed by atoms with Crippen LogP contribution in [-0.4, -0.2) is 56.6 Å². The standard InChI is InChI=1S/C42H95Si8/c1-30-31-32-33-34-43-48(44(26,35(2,3)4)36(5,6)7)49(43,45(27,37(8,9)10)38(11,12)13)50(48,46(28,39(14,15)16)40(17,18)19)47(29,41(20,21)22)42(23,24)25/h33-34H,30-32H2,1-29H3. The van der Waals surface area contributed by atoms with E-state index in [4.69, 9.17) is 0 Å². The molecule has 1 radical (unpaired) electrons. The maximum Gasteiger partial charge on any atom is 0.0465 e. The maximum atomic E-state index is 3.22. The minimum absolute atomic E-state index is 0.394. The Morgan fingerprint density at radius 3 is 0.800 bits per heavy atom. The molecule has 2 rings (SSSR count). The summed E-state index contributed by atoms with van der Waals surface area (Å²) < 4.78 is 0. The number of fused-ring (bicyclic) bond motifs is 1. The molecule has 0 N–H and O–H groups in total. The summed E-state index contributed by atoms with van der Waals surface area (Å²) in [6.45, 7) is 83.1. The van der Waals surface area contributed by atoms with Crippen LogP contribution in [0.25, 0.3) is 0 Å². The lowest BCUT2D eigenvalue weighted by Crippen LogP contribution is -2.94. The van der Waals surface area contributed by atoms with E-state index in [0.717, 1.165) is 0 Å². The molecule has 0 aliphatic carbocycles. The Balaban J connectivity index is 3.91. The van der Waals surface area contributed by atoms with Crippen molar-refractivity contribution in [2.45, 2.75) is 259 Å². The van der Waals surface area contributed by atoms with E-state index in [2.05, 4.69) is 211 Å². The van der Waals surface area contributed by atoms with E-state index in [-0.39, 0.29) is 0 Å². The summed E-state index contributed by atoms with van der Waals surface area (Å²) in [7, 11) is -8.52. The van der Waals surface area contributed by atoms with Crippen molar-refractivity contribution in [2.75, 3.05) is 0 Å². The van der Waals surface area contributed by atoms with Crippen molar-refractivity contribution >= 4 is 56.6 Å². The van der Waals surface area contributed by atoms with Gasteiger partial charge in [-0.2, -0.15) is 0 Å². The Bertz CT molecular complexity index is 1140. The molecule has 2 fully saturated rings. The summed E-state index contributed by atoms with van der Waals surface area (Å²) in [5.41, 5.74) is 3.22. The van der Waals surface area contributed by atoms with E-state index in [1.807, 2.05) is 0 Å². The van der Waals surface area contributed by atoms with E-state index in [0.29, 0.717) is 40.3 Å². The average Bonchev–Trinajstić information content (AvgIpc) is 3.65. The number of allylic oxidation sites excluding steroid dienone is 1. The Labute approximate surface area is 325 Å². The second kappa shape index (κ2) is 12.5. The Kier molecular flexibility index (Phi) is 11.9. The smallest absolute Gasteiger partial charge is 0.0465 e. The first-order valence-electron chi connectivity index (χ1n) is 21.0. The molecular formula is C42H95Si8. The number of rotatable bonds is 8. The first kappa shape index (κ1) is 47.6. The van der Waals surface area contributed by atoms with E-state index < -0.39 is 56.6 Å². The lowest BCUT2D eigenvalue weighted by molar-refractivity contribution is 0.624. The molecule has 0 bridgehead atoms. The van der Waals surface area contributed by atoms with Crippen molar-refractivity contribution in [1.82, 2.24) is 0 Å². The summed E-state index contributed by atoms with van der Waals surface area (Å²) in [6.07, 6.45) is 1.23. The van der Waals surface area contributed by atoms with Crippen LogP contribution in [0.15, 0.2) is 11.8 Å². The zero-order valence-electron chi connectivity index (χ0n) is 40.3. The van der Waals surface area contributed by atoms with Gasteiger partial charge >= 0.3 is 0 Å². The van der Waals surface area contributed by atoms with Crippen molar-refractivity contribution in [3.8, 4) is 0 Å². The second-order valence-electron chi connectivity index (χ2n) is 26.7. The van der Waals surface area contributed by atoms with Gasteiger partial charge in [-0.15, -0.1) is 5.70 Å². The zero-order chi connectivity index (χ0) is 40.6. The fourth-order valence-electron chi connectivity index (χ4n) is 15.1. The van der Waals surface area contributed by atoms with Gasteiger partial charge in [-0.05, 0) is 46.7 Å². The highest BCUT2D eigenvalue weighted by atomic mass is 31.0. The highest BCUT2D eigenvalue weighted by Gasteiger charge is 3.20. The van der Waals surface area contributed by atoms with E-state index >= 15 is 0 Å². The fraction of sp³-hybridized carbons (Fsp3) is 0.952. The number of unbranched alkanes of at least 4 members (excludes halogenated alkanes) is 2. The molecule has 0 aromatic heterocycles. The van der Waals surface area contributed by atoms with Crippen LogP contribution in [0, 0.1) is 0 Å². The van der Waals surface area contributed by atoms with Gasteiger partial charge in [0.1, 0.15) is 0 Å². The summed E-state index contributed by atoms with van der Waals surface area (Å²) >= 11 is 0. The van der Waals surface area contributed by atoms with E-state index in [1.165, 1.54) is 19.3 Å². The average molecular weight is 825 g/mol. The van der Waals surface area contributed by atoms with Crippen molar-refractivity contribution in [3.63, 3.8) is 0 Å². The van der Waals surface area contributed by atoms with Crippen LogP contribution in [0.1, 0.15) is 192 Å². The molecule has 0 spiro atoms. The van der Waals surface area contributed by atoms with Crippen LogP contribution in [0.2, 0.25) is 66.5 Å². The lowest BCUT2D eigenvalue weighted by Gasteiger charge is -2.73. The van der Waals surface area contributed by atoms with Crippen LogP contribution in [0.5, 0.6) is 0 Å². The van der Waals surface area contributed by atoms with Crippen LogP contribution >= 0.6 is 0 Å². The Morgan fingerprint density at radius 2 is 0.620 bits per heavy atom. The van der Waals surface area contributed by atoms with Gasteiger partial charge in [0.2, 0.25) is 0 Å². The fourth-order valence-corrected chi connectivity index (χ4v) is 678.